The average Bonchev–Trinajstić information content (AvgIpc) is 2.69. The minimum atomic E-state index is -3.58. The Morgan fingerprint density at radius 2 is 1.74 bits per heavy atom. The topological polar surface area (TPSA) is 71.4 Å². The summed E-state index contributed by atoms with van der Waals surface area (Å²) in [5.41, 5.74) is 0. The van der Waals surface area contributed by atoms with Gasteiger partial charge in [0.05, 0.1) is 43.7 Å². The third kappa shape index (κ3) is 4.59. The standard InChI is InChI=1S/C18H26FN3O4S/c1-2-26-18(23)21-9-7-16(8-10-21)20-11-13-22(14-12-20)27(24,25)17-5-3-15(19)4-6-17/h3-6,16H,2,7-14H2,1H3/p+1. The number of hydrogen-bond donors (Lipinski definition) is 1. The van der Waals surface area contributed by atoms with E-state index < -0.39 is 15.8 Å². The molecule has 0 radical (unpaired) electrons. The van der Waals surface area contributed by atoms with Crippen LogP contribution in [0.4, 0.5) is 9.18 Å². The maximum absolute atomic E-state index is 13.1. The number of benzene rings is 1. The highest BCUT2D eigenvalue weighted by Crippen LogP contribution is 2.16. The van der Waals surface area contributed by atoms with E-state index in [0.29, 0.717) is 38.8 Å². The van der Waals surface area contributed by atoms with Crippen LogP contribution < -0.4 is 4.90 Å². The van der Waals surface area contributed by atoms with Crippen LogP contribution in [0.3, 0.4) is 0 Å². The lowest BCUT2D eigenvalue weighted by molar-refractivity contribution is -0.930. The normalized spacial score (nSPS) is 20.6. The molecule has 27 heavy (non-hydrogen) atoms. The number of hydrogen-bond acceptors (Lipinski definition) is 4. The third-order valence-corrected chi connectivity index (χ3v) is 7.33. The highest BCUT2D eigenvalue weighted by Gasteiger charge is 2.35. The Balaban J connectivity index is 1.52. The molecule has 0 bridgehead atoms. The van der Waals surface area contributed by atoms with Crippen molar-refractivity contribution in [3.63, 3.8) is 0 Å². The van der Waals surface area contributed by atoms with Crippen molar-refractivity contribution in [2.45, 2.75) is 30.7 Å². The van der Waals surface area contributed by atoms with Crippen molar-refractivity contribution >= 4 is 16.1 Å². The minimum absolute atomic E-state index is 0.134. The van der Waals surface area contributed by atoms with Gasteiger partial charge in [-0.1, -0.05) is 0 Å². The predicted molar refractivity (Wildman–Crippen MR) is 97.5 cm³/mol. The van der Waals surface area contributed by atoms with Crippen molar-refractivity contribution in [1.29, 1.82) is 0 Å². The quantitative estimate of drug-likeness (QED) is 0.791. The number of nitrogens with one attached hydrogen (secondary N) is 1. The molecule has 0 atom stereocenters. The van der Waals surface area contributed by atoms with E-state index in [9.17, 15) is 17.6 Å². The van der Waals surface area contributed by atoms with Crippen molar-refractivity contribution < 1.29 is 27.2 Å². The number of carbonyl (C=O) groups excluding carboxylic acids is 1. The molecule has 1 aromatic carbocycles. The SMILES string of the molecule is CCOC(=O)N1CCC([NH+]2CCN(S(=O)(=O)c3ccc(F)cc3)CC2)CC1. The van der Waals surface area contributed by atoms with E-state index in [1.165, 1.54) is 33.5 Å². The van der Waals surface area contributed by atoms with E-state index in [0.717, 1.165) is 25.9 Å². The predicted octanol–water partition coefficient (Wildman–Crippen LogP) is 0.336. The zero-order valence-corrected chi connectivity index (χ0v) is 16.4. The van der Waals surface area contributed by atoms with Crippen LogP contribution in [0.1, 0.15) is 19.8 Å². The molecule has 2 saturated heterocycles. The van der Waals surface area contributed by atoms with E-state index in [2.05, 4.69) is 0 Å². The van der Waals surface area contributed by atoms with Crippen LogP contribution in [0.15, 0.2) is 29.2 Å². The summed E-state index contributed by atoms with van der Waals surface area (Å²) in [6, 6.07) is 5.41. The lowest BCUT2D eigenvalue weighted by Gasteiger charge is -2.39. The van der Waals surface area contributed by atoms with Gasteiger partial charge >= 0.3 is 6.09 Å². The Labute approximate surface area is 159 Å². The van der Waals surface area contributed by atoms with Gasteiger partial charge in [-0.05, 0) is 31.2 Å². The largest absolute Gasteiger partial charge is 0.450 e. The van der Waals surface area contributed by atoms with Gasteiger partial charge in [0.25, 0.3) is 0 Å². The van der Waals surface area contributed by atoms with E-state index in [1.807, 2.05) is 0 Å². The van der Waals surface area contributed by atoms with E-state index >= 15 is 0 Å². The van der Waals surface area contributed by atoms with Gasteiger partial charge in [0, 0.05) is 25.9 Å². The Morgan fingerprint density at radius 3 is 2.30 bits per heavy atom. The molecule has 2 heterocycles. The number of quaternary nitrogens is 1. The van der Waals surface area contributed by atoms with Crippen LogP contribution in [-0.4, -0.2) is 75.6 Å². The van der Waals surface area contributed by atoms with E-state index in [1.54, 1.807) is 11.8 Å². The lowest BCUT2D eigenvalue weighted by atomic mass is 10.0. The molecule has 0 saturated carbocycles. The summed E-state index contributed by atoms with van der Waals surface area (Å²) < 4.78 is 45.0. The molecular formula is C18H27FN3O4S+. The number of nitrogens with zero attached hydrogens (tertiary/aromatic N) is 2. The van der Waals surface area contributed by atoms with Crippen LogP contribution in [-0.2, 0) is 14.8 Å². The number of amides is 1. The Kier molecular flexibility index (Phi) is 6.33. The van der Waals surface area contributed by atoms with Crippen LogP contribution in [0.2, 0.25) is 0 Å². The first kappa shape index (κ1) is 20.0. The van der Waals surface area contributed by atoms with Crippen LogP contribution in [0.25, 0.3) is 0 Å². The number of carbonyl (C=O) groups is 1. The van der Waals surface area contributed by atoms with Gasteiger partial charge in [0.2, 0.25) is 10.0 Å². The summed E-state index contributed by atoms with van der Waals surface area (Å²) in [6.45, 7) is 5.94. The minimum Gasteiger partial charge on any atom is -0.450 e. The Bertz CT molecular complexity index is 740. The maximum atomic E-state index is 13.1. The van der Waals surface area contributed by atoms with Crippen molar-refractivity contribution in [2.24, 2.45) is 0 Å². The smallest absolute Gasteiger partial charge is 0.409 e. The molecule has 0 aliphatic carbocycles. The molecule has 0 aromatic heterocycles. The number of halogens is 1. The first-order valence-electron chi connectivity index (χ1n) is 9.44. The van der Waals surface area contributed by atoms with E-state index in [4.69, 9.17) is 4.74 Å². The van der Waals surface area contributed by atoms with Crippen molar-refractivity contribution in [1.82, 2.24) is 9.21 Å². The fourth-order valence-corrected chi connectivity index (χ4v) is 5.30. The summed E-state index contributed by atoms with van der Waals surface area (Å²) in [5.74, 6) is -0.447. The van der Waals surface area contributed by atoms with Gasteiger partial charge in [0.1, 0.15) is 5.82 Å². The molecule has 1 amide bonds. The molecule has 2 aliphatic rings. The molecule has 0 unspecified atom stereocenters. The second-order valence-electron chi connectivity index (χ2n) is 6.98. The highest BCUT2D eigenvalue weighted by atomic mass is 32.2. The molecule has 1 aromatic rings. The van der Waals surface area contributed by atoms with Crippen LogP contribution in [0, 0.1) is 5.82 Å². The first-order valence-corrected chi connectivity index (χ1v) is 10.9. The number of piperazine rings is 1. The number of piperidine rings is 1. The average molecular weight is 400 g/mol. The fourth-order valence-electron chi connectivity index (χ4n) is 3.86. The summed E-state index contributed by atoms with van der Waals surface area (Å²) in [4.78, 5) is 15.1. The zero-order chi connectivity index (χ0) is 19.4. The van der Waals surface area contributed by atoms with Gasteiger partial charge in [-0.25, -0.2) is 17.6 Å². The van der Waals surface area contributed by atoms with Crippen molar-refractivity contribution in [2.75, 3.05) is 45.9 Å². The molecule has 2 fully saturated rings. The Hall–Kier alpha value is -1.71. The molecular weight excluding hydrogens is 373 g/mol. The second kappa shape index (κ2) is 8.53. The number of sulfonamides is 1. The van der Waals surface area contributed by atoms with Crippen molar-refractivity contribution in [3.05, 3.63) is 30.1 Å². The number of rotatable bonds is 4. The lowest BCUT2D eigenvalue weighted by Crippen LogP contribution is -3.18. The van der Waals surface area contributed by atoms with Gasteiger partial charge < -0.3 is 14.5 Å². The fraction of sp³-hybridized carbons (Fsp3) is 0.611. The third-order valence-electron chi connectivity index (χ3n) is 5.41. The molecule has 7 nitrogen and oxygen atoms in total. The Morgan fingerprint density at radius 1 is 1.15 bits per heavy atom. The summed E-state index contributed by atoms with van der Waals surface area (Å²) in [5, 5.41) is 0. The van der Waals surface area contributed by atoms with Gasteiger partial charge in [-0.2, -0.15) is 4.31 Å². The molecule has 1 N–H and O–H groups in total. The van der Waals surface area contributed by atoms with Crippen LogP contribution >= 0.6 is 0 Å². The molecule has 2 aliphatic heterocycles. The summed E-state index contributed by atoms with van der Waals surface area (Å²) in [7, 11) is -3.58. The molecule has 0 spiro atoms. The van der Waals surface area contributed by atoms with Crippen LogP contribution in [0.5, 0.6) is 0 Å². The first-order chi connectivity index (χ1) is 12.9. The molecule has 150 valence electrons. The highest BCUT2D eigenvalue weighted by molar-refractivity contribution is 7.89. The van der Waals surface area contributed by atoms with Gasteiger partial charge in [0.15, 0.2) is 0 Å². The van der Waals surface area contributed by atoms with Crippen molar-refractivity contribution in [3.8, 4) is 0 Å². The van der Waals surface area contributed by atoms with E-state index in [-0.39, 0.29) is 11.0 Å². The summed E-state index contributed by atoms with van der Waals surface area (Å²) in [6.07, 6.45) is 1.55. The summed E-state index contributed by atoms with van der Waals surface area (Å²) >= 11 is 0. The second-order valence-corrected chi connectivity index (χ2v) is 8.91. The van der Waals surface area contributed by atoms with Gasteiger partial charge in [-0.3, -0.25) is 0 Å². The molecule has 9 heteroatoms. The monoisotopic (exact) mass is 400 g/mol. The number of likely N-dealkylation sites (tertiary alicyclic amines) is 1. The zero-order valence-electron chi connectivity index (χ0n) is 15.6. The molecule has 3 rings (SSSR count). The maximum Gasteiger partial charge on any atom is 0.409 e. The van der Waals surface area contributed by atoms with Gasteiger partial charge in [-0.15, -0.1) is 0 Å². The number of ether oxygens (including phenoxy) is 1.